The molecule has 2 atom stereocenters. The number of carboxylic acids is 1. The number of halogens is 1. The number of fused-ring (bicyclic) bond motifs is 1. The molecule has 0 saturated heterocycles. The summed E-state index contributed by atoms with van der Waals surface area (Å²) in [5.41, 5.74) is 1.65. The Morgan fingerprint density at radius 3 is 3.06 bits per heavy atom. The van der Waals surface area contributed by atoms with Crippen LogP contribution in [0.5, 0.6) is 0 Å². The quantitative estimate of drug-likeness (QED) is 0.845. The Hall–Kier alpha value is -1.42. The number of rotatable bonds is 5. The summed E-state index contributed by atoms with van der Waals surface area (Å²) in [6.07, 6.45) is 2.85. The molecule has 0 amide bonds. The van der Waals surface area contributed by atoms with Crippen LogP contribution in [0.2, 0.25) is 0 Å². The zero-order chi connectivity index (χ0) is 13.1. The molecule has 2 unspecified atom stereocenters. The van der Waals surface area contributed by atoms with Crippen LogP contribution < -0.4 is 5.32 Å². The number of hydrogen-bond donors (Lipinski definition) is 2. The second-order valence-electron chi connectivity index (χ2n) is 4.75. The molecule has 0 radical (unpaired) electrons. The highest BCUT2D eigenvalue weighted by molar-refractivity contribution is 5.73. The molecule has 18 heavy (non-hydrogen) atoms. The van der Waals surface area contributed by atoms with E-state index in [9.17, 15) is 9.18 Å². The molecule has 0 heterocycles. The molecule has 98 valence electrons. The van der Waals surface area contributed by atoms with E-state index in [1.54, 1.807) is 6.07 Å². The molecule has 3 nitrogen and oxygen atoms in total. The lowest BCUT2D eigenvalue weighted by atomic mass is 10.1. The molecule has 1 aliphatic carbocycles. The van der Waals surface area contributed by atoms with Crippen LogP contribution >= 0.6 is 0 Å². The van der Waals surface area contributed by atoms with Crippen LogP contribution in [-0.4, -0.2) is 17.1 Å². The average Bonchev–Trinajstić information content (AvgIpc) is 2.73. The van der Waals surface area contributed by atoms with Crippen LogP contribution in [0.15, 0.2) is 18.2 Å². The Morgan fingerprint density at radius 2 is 2.39 bits per heavy atom. The highest BCUT2D eigenvalue weighted by Gasteiger charge is 2.28. The van der Waals surface area contributed by atoms with Crippen LogP contribution in [-0.2, 0) is 11.2 Å². The van der Waals surface area contributed by atoms with E-state index in [0.29, 0.717) is 12.8 Å². The molecule has 0 spiro atoms. The second kappa shape index (κ2) is 5.48. The minimum Gasteiger partial charge on any atom is -0.480 e. The van der Waals surface area contributed by atoms with E-state index >= 15 is 0 Å². The number of hydrogen-bond acceptors (Lipinski definition) is 2. The molecule has 4 heteroatoms. The van der Waals surface area contributed by atoms with Gasteiger partial charge < -0.3 is 5.11 Å². The first-order valence-electron chi connectivity index (χ1n) is 6.39. The SMILES string of the molecule is CCCC(NC1CCc2c(F)cccc21)C(=O)O. The largest absolute Gasteiger partial charge is 0.480 e. The van der Waals surface area contributed by atoms with Crippen LogP contribution in [0, 0.1) is 5.82 Å². The molecule has 0 fully saturated rings. The molecule has 2 N–H and O–H groups in total. The van der Waals surface area contributed by atoms with Gasteiger partial charge in [-0.2, -0.15) is 0 Å². The van der Waals surface area contributed by atoms with E-state index < -0.39 is 12.0 Å². The minimum absolute atomic E-state index is 0.0386. The summed E-state index contributed by atoms with van der Waals surface area (Å²) in [7, 11) is 0. The molecule has 1 aromatic carbocycles. The van der Waals surface area contributed by atoms with Gasteiger partial charge in [0, 0.05) is 6.04 Å². The third-order valence-corrected chi connectivity index (χ3v) is 3.49. The summed E-state index contributed by atoms with van der Waals surface area (Å²) in [6, 6.07) is 4.44. The lowest BCUT2D eigenvalue weighted by Gasteiger charge is -2.20. The average molecular weight is 251 g/mol. The summed E-state index contributed by atoms with van der Waals surface area (Å²) < 4.78 is 13.6. The second-order valence-corrected chi connectivity index (χ2v) is 4.75. The van der Waals surface area contributed by atoms with Gasteiger partial charge in [0.2, 0.25) is 0 Å². The smallest absolute Gasteiger partial charge is 0.320 e. The zero-order valence-electron chi connectivity index (χ0n) is 10.4. The third kappa shape index (κ3) is 2.53. The molecule has 2 rings (SSSR count). The van der Waals surface area contributed by atoms with Crippen molar-refractivity contribution in [2.75, 3.05) is 0 Å². The van der Waals surface area contributed by atoms with Gasteiger partial charge in [-0.3, -0.25) is 10.1 Å². The maximum absolute atomic E-state index is 13.6. The number of benzene rings is 1. The van der Waals surface area contributed by atoms with Gasteiger partial charge >= 0.3 is 5.97 Å². The molecule has 1 aliphatic rings. The van der Waals surface area contributed by atoms with E-state index in [0.717, 1.165) is 24.0 Å². The number of carboxylic acid groups (broad SMARTS) is 1. The maximum Gasteiger partial charge on any atom is 0.320 e. The lowest BCUT2D eigenvalue weighted by Crippen LogP contribution is -2.38. The van der Waals surface area contributed by atoms with E-state index in [-0.39, 0.29) is 11.9 Å². The van der Waals surface area contributed by atoms with Gasteiger partial charge in [-0.05, 0) is 36.5 Å². The van der Waals surface area contributed by atoms with Crippen LogP contribution in [0.4, 0.5) is 4.39 Å². The molecule has 1 aromatic rings. The summed E-state index contributed by atoms with van der Waals surface area (Å²) in [5, 5.41) is 12.3. The van der Waals surface area contributed by atoms with Crippen LogP contribution in [0.3, 0.4) is 0 Å². The normalized spacial score (nSPS) is 19.6. The van der Waals surface area contributed by atoms with Crippen molar-refractivity contribution < 1.29 is 14.3 Å². The predicted octanol–water partition coefficient (Wildman–Crippen LogP) is 2.66. The Kier molecular flexibility index (Phi) is 3.97. The fraction of sp³-hybridized carbons (Fsp3) is 0.500. The van der Waals surface area contributed by atoms with Gasteiger partial charge in [0.25, 0.3) is 0 Å². The number of aliphatic carboxylic acids is 1. The van der Waals surface area contributed by atoms with E-state index in [1.807, 2.05) is 13.0 Å². The van der Waals surface area contributed by atoms with E-state index in [1.165, 1.54) is 6.07 Å². The molecule has 0 aliphatic heterocycles. The van der Waals surface area contributed by atoms with E-state index in [2.05, 4.69) is 5.32 Å². The monoisotopic (exact) mass is 251 g/mol. The van der Waals surface area contributed by atoms with Crippen molar-refractivity contribution >= 4 is 5.97 Å². The topological polar surface area (TPSA) is 49.3 Å². The lowest BCUT2D eigenvalue weighted by molar-refractivity contribution is -0.139. The first kappa shape index (κ1) is 13.0. The minimum atomic E-state index is -0.832. The molecule has 0 aromatic heterocycles. The molecule has 0 bridgehead atoms. The Morgan fingerprint density at radius 1 is 1.61 bits per heavy atom. The van der Waals surface area contributed by atoms with Crippen molar-refractivity contribution in [1.82, 2.24) is 5.32 Å². The first-order chi connectivity index (χ1) is 8.63. The van der Waals surface area contributed by atoms with Crippen molar-refractivity contribution in [3.8, 4) is 0 Å². The van der Waals surface area contributed by atoms with Gasteiger partial charge in [-0.1, -0.05) is 25.5 Å². The highest BCUT2D eigenvalue weighted by atomic mass is 19.1. The van der Waals surface area contributed by atoms with E-state index in [4.69, 9.17) is 5.11 Å². The number of nitrogens with one attached hydrogen (secondary N) is 1. The van der Waals surface area contributed by atoms with Crippen molar-refractivity contribution in [2.24, 2.45) is 0 Å². The number of carbonyl (C=O) groups is 1. The van der Waals surface area contributed by atoms with Gasteiger partial charge in [0.1, 0.15) is 11.9 Å². The van der Waals surface area contributed by atoms with Crippen molar-refractivity contribution in [2.45, 2.75) is 44.7 Å². The summed E-state index contributed by atoms with van der Waals surface area (Å²) in [4.78, 5) is 11.1. The molecule has 0 saturated carbocycles. The van der Waals surface area contributed by atoms with Crippen LogP contribution in [0.25, 0.3) is 0 Å². The van der Waals surface area contributed by atoms with Gasteiger partial charge in [0.15, 0.2) is 0 Å². The first-order valence-corrected chi connectivity index (χ1v) is 6.39. The zero-order valence-corrected chi connectivity index (χ0v) is 10.4. The predicted molar refractivity (Wildman–Crippen MR) is 66.9 cm³/mol. The standard InChI is InChI=1S/C14H18FNO2/c1-2-4-13(14(17)18)16-12-8-7-9-10(12)5-3-6-11(9)15/h3,5-6,12-13,16H,2,4,7-8H2,1H3,(H,17,18). The molecular formula is C14H18FNO2. The summed E-state index contributed by atoms with van der Waals surface area (Å²) >= 11 is 0. The van der Waals surface area contributed by atoms with Crippen molar-refractivity contribution in [3.63, 3.8) is 0 Å². The van der Waals surface area contributed by atoms with Gasteiger partial charge in [0.05, 0.1) is 0 Å². The van der Waals surface area contributed by atoms with Crippen molar-refractivity contribution in [3.05, 3.63) is 35.1 Å². The van der Waals surface area contributed by atoms with Crippen molar-refractivity contribution in [1.29, 1.82) is 0 Å². The third-order valence-electron chi connectivity index (χ3n) is 3.49. The Balaban J connectivity index is 2.13. The van der Waals surface area contributed by atoms with Gasteiger partial charge in [-0.15, -0.1) is 0 Å². The van der Waals surface area contributed by atoms with Crippen LogP contribution in [0.1, 0.15) is 43.4 Å². The maximum atomic E-state index is 13.6. The Labute approximate surface area is 106 Å². The summed E-state index contributed by atoms with van der Waals surface area (Å²) in [5.74, 6) is -1.01. The summed E-state index contributed by atoms with van der Waals surface area (Å²) in [6.45, 7) is 1.96. The fourth-order valence-corrected chi connectivity index (χ4v) is 2.59. The Bertz CT molecular complexity index is 447. The molecular weight excluding hydrogens is 233 g/mol. The highest BCUT2D eigenvalue weighted by Crippen LogP contribution is 2.33. The van der Waals surface area contributed by atoms with Gasteiger partial charge in [-0.25, -0.2) is 4.39 Å². The fourth-order valence-electron chi connectivity index (χ4n) is 2.59.